The van der Waals surface area contributed by atoms with E-state index in [1.54, 1.807) is 6.92 Å². The minimum Gasteiger partial charge on any atom is -0.496 e. The lowest BCUT2D eigenvalue weighted by Gasteiger charge is -2.18. The summed E-state index contributed by atoms with van der Waals surface area (Å²) in [6.45, 7) is 1.63. The molecule has 0 heterocycles. The van der Waals surface area contributed by atoms with Crippen LogP contribution in [0.2, 0.25) is 0 Å². The number of rotatable bonds is 12. The summed E-state index contributed by atoms with van der Waals surface area (Å²) < 4.78 is 32.8. The molecule has 2 aromatic carbocycles. The molecule has 0 fully saturated rings. The molecule has 1 atom stereocenters. The molecule has 0 aliphatic heterocycles. The summed E-state index contributed by atoms with van der Waals surface area (Å²) in [5.74, 6) is -1.62. The van der Waals surface area contributed by atoms with Gasteiger partial charge in [-0.15, -0.1) is 0 Å². The molecule has 0 radical (unpaired) electrons. The fourth-order valence-corrected chi connectivity index (χ4v) is 3.65. The zero-order chi connectivity index (χ0) is 26.9. The number of anilines is 1. The van der Waals surface area contributed by atoms with Crippen molar-refractivity contribution in [3.63, 3.8) is 0 Å². The van der Waals surface area contributed by atoms with Gasteiger partial charge in [0.15, 0.2) is 0 Å². The van der Waals surface area contributed by atoms with Crippen LogP contribution in [0.15, 0.2) is 47.4 Å². The van der Waals surface area contributed by atoms with E-state index in [1.165, 1.54) is 49.6 Å². The third-order valence-corrected chi connectivity index (χ3v) is 5.78. The first kappa shape index (κ1) is 28.2. The van der Waals surface area contributed by atoms with E-state index >= 15 is 0 Å². The number of non-ortho nitro benzene ring substituents is 1. The van der Waals surface area contributed by atoms with Gasteiger partial charge in [0.2, 0.25) is 21.8 Å². The smallest absolute Gasteiger partial charge is 0.328 e. The lowest BCUT2D eigenvalue weighted by molar-refractivity contribution is -0.384. The van der Waals surface area contributed by atoms with Crippen molar-refractivity contribution in [2.24, 2.45) is 5.14 Å². The summed E-state index contributed by atoms with van der Waals surface area (Å²) in [5.41, 5.74) is 0.397. The Morgan fingerprint density at radius 1 is 1.08 bits per heavy atom. The molecule has 14 heteroatoms. The number of benzene rings is 2. The monoisotopic (exact) mass is 522 g/mol. The summed E-state index contributed by atoms with van der Waals surface area (Å²) in [7, 11) is -2.51. The number of carbonyl (C=O) groups excluding carboxylic acids is 3. The Kier molecular flexibility index (Phi) is 9.87. The van der Waals surface area contributed by atoms with E-state index in [-0.39, 0.29) is 42.2 Å². The standard InChI is InChI=1S/C22H26N4O9S/c1-3-35-22(29)18(13-14-12-16(26(30)31)6-9-19(14)34-2)25-21(28)11-10-20(27)24-15-4-7-17(8-5-15)36(23,32)33/h4-9,12,18H,3,10-11,13H2,1-2H3,(H,24,27)(H,25,28)(H2,23,32,33)/t18-/m0/s1. The average Bonchev–Trinajstić information content (AvgIpc) is 2.82. The first-order valence-corrected chi connectivity index (χ1v) is 12.2. The van der Waals surface area contributed by atoms with Crippen LogP contribution in [0.5, 0.6) is 5.75 Å². The number of methoxy groups -OCH3 is 1. The molecule has 194 valence electrons. The number of hydrogen-bond acceptors (Lipinski definition) is 9. The predicted octanol–water partition coefficient (Wildman–Crippen LogP) is 1.26. The molecule has 0 aliphatic carbocycles. The summed E-state index contributed by atoms with van der Waals surface area (Å²) in [4.78, 5) is 47.5. The van der Waals surface area contributed by atoms with Crippen molar-refractivity contribution in [1.29, 1.82) is 0 Å². The number of nitrogens with two attached hydrogens (primary N) is 1. The normalized spacial score (nSPS) is 11.8. The highest BCUT2D eigenvalue weighted by atomic mass is 32.2. The van der Waals surface area contributed by atoms with Crippen molar-refractivity contribution < 1.29 is 37.2 Å². The van der Waals surface area contributed by atoms with Gasteiger partial charge >= 0.3 is 5.97 Å². The Hall–Kier alpha value is -4.04. The van der Waals surface area contributed by atoms with Gasteiger partial charge in [0.1, 0.15) is 11.8 Å². The van der Waals surface area contributed by atoms with Crippen LogP contribution in [0.1, 0.15) is 25.3 Å². The second-order valence-corrected chi connectivity index (χ2v) is 9.01. The first-order valence-electron chi connectivity index (χ1n) is 10.6. The van der Waals surface area contributed by atoms with Gasteiger partial charge in [0.05, 0.1) is 23.5 Å². The highest BCUT2D eigenvalue weighted by Crippen LogP contribution is 2.25. The van der Waals surface area contributed by atoms with Crippen molar-refractivity contribution in [3.8, 4) is 5.75 Å². The third-order valence-electron chi connectivity index (χ3n) is 4.85. The Bertz CT molecular complexity index is 1230. The maximum atomic E-state index is 12.5. The van der Waals surface area contributed by atoms with Crippen molar-refractivity contribution in [2.75, 3.05) is 19.0 Å². The van der Waals surface area contributed by atoms with Gasteiger partial charge in [-0.3, -0.25) is 19.7 Å². The molecule has 0 unspecified atom stereocenters. The van der Waals surface area contributed by atoms with Crippen LogP contribution in [0, 0.1) is 10.1 Å². The van der Waals surface area contributed by atoms with Crippen LogP contribution in [-0.2, 0) is 35.6 Å². The van der Waals surface area contributed by atoms with Crippen molar-refractivity contribution in [3.05, 3.63) is 58.1 Å². The lowest BCUT2D eigenvalue weighted by Crippen LogP contribution is -2.43. The lowest BCUT2D eigenvalue weighted by atomic mass is 10.0. The molecule has 4 N–H and O–H groups in total. The maximum absolute atomic E-state index is 12.5. The van der Waals surface area contributed by atoms with E-state index in [4.69, 9.17) is 14.6 Å². The van der Waals surface area contributed by atoms with E-state index in [9.17, 15) is 32.9 Å². The van der Waals surface area contributed by atoms with Crippen LogP contribution < -0.4 is 20.5 Å². The van der Waals surface area contributed by atoms with Gasteiger partial charge in [-0.05, 0) is 37.3 Å². The fraction of sp³-hybridized carbons (Fsp3) is 0.318. The Morgan fingerprint density at radius 2 is 1.72 bits per heavy atom. The first-order chi connectivity index (χ1) is 16.9. The predicted molar refractivity (Wildman–Crippen MR) is 128 cm³/mol. The molecular formula is C22H26N4O9S. The molecule has 0 aliphatic rings. The largest absolute Gasteiger partial charge is 0.496 e. The fourth-order valence-electron chi connectivity index (χ4n) is 3.14. The number of esters is 1. The number of nitro benzene ring substituents is 1. The van der Waals surface area contributed by atoms with Crippen LogP contribution in [0.4, 0.5) is 11.4 Å². The molecule has 0 saturated carbocycles. The van der Waals surface area contributed by atoms with E-state index in [0.29, 0.717) is 11.3 Å². The van der Waals surface area contributed by atoms with Crippen LogP contribution in [0.3, 0.4) is 0 Å². The quantitative estimate of drug-likeness (QED) is 0.209. The highest BCUT2D eigenvalue weighted by molar-refractivity contribution is 7.89. The Labute approximate surface area is 207 Å². The molecule has 0 aromatic heterocycles. The van der Waals surface area contributed by atoms with Crippen molar-refractivity contribution in [1.82, 2.24) is 5.32 Å². The number of primary sulfonamides is 1. The molecule has 0 spiro atoms. The Balaban J connectivity index is 2.03. The zero-order valence-electron chi connectivity index (χ0n) is 19.6. The highest BCUT2D eigenvalue weighted by Gasteiger charge is 2.25. The molecule has 13 nitrogen and oxygen atoms in total. The van der Waals surface area contributed by atoms with Crippen LogP contribution in [-0.4, -0.2) is 50.9 Å². The average molecular weight is 523 g/mol. The SMILES string of the molecule is CCOC(=O)[C@H](Cc1cc([N+](=O)[O-])ccc1OC)NC(=O)CCC(=O)Nc1ccc(S(N)(=O)=O)cc1. The minimum atomic E-state index is -3.87. The molecule has 0 saturated heterocycles. The zero-order valence-corrected chi connectivity index (χ0v) is 20.4. The van der Waals surface area contributed by atoms with E-state index in [1.807, 2.05) is 0 Å². The molecule has 2 aromatic rings. The third kappa shape index (κ3) is 8.32. The number of nitrogens with zero attached hydrogens (tertiary/aromatic N) is 1. The van der Waals surface area contributed by atoms with Crippen molar-refractivity contribution in [2.45, 2.75) is 37.1 Å². The second kappa shape index (κ2) is 12.6. The topological polar surface area (TPSA) is 197 Å². The maximum Gasteiger partial charge on any atom is 0.328 e. The molecule has 0 bridgehead atoms. The van der Waals surface area contributed by atoms with Gasteiger partial charge in [-0.1, -0.05) is 0 Å². The van der Waals surface area contributed by atoms with Gasteiger partial charge in [-0.25, -0.2) is 18.4 Å². The number of nitro groups is 1. The number of ether oxygens (including phenoxy) is 2. The molecular weight excluding hydrogens is 496 g/mol. The Morgan fingerprint density at radius 3 is 2.28 bits per heavy atom. The molecule has 2 rings (SSSR count). The van der Waals surface area contributed by atoms with Gasteiger partial charge in [-0.2, -0.15) is 0 Å². The molecule has 36 heavy (non-hydrogen) atoms. The molecule has 2 amide bonds. The summed E-state index contributed by atoms with van der Waals surface area (Å²) in [5, 5.41) is 21.2. The second-order valence-electron chi connectivity index (χ2n) is 7.45. The van der Waals surface area contributed by atoms with Crippen molar-refractivity contribution >= 4 is 39.2 Å². The number of sulfonamides is 1. The number of nitrogens with one attached hydrogen (secondary N) is 2. The van der Waals surface area contributed by atoms with Crippen LogP contribution in [0.25, 0.3) is 0 Å². The number of amides is 2. The van der Waals surface area contributed by atoms with E-state index in [0.717, 1.165) is 0 Å². The van der Waals surface area contributed by atoms with Gasteiger partial charge in [0, 0.05) is 42.6 Å². The van der Waals surface area contributed by atoms with Gasteiger partial charge in [0.25, 0.3) is 5.69 Å². The van der Waals surface area contributed by atoms with Gasteiger partial charge < -0.3 is 20.1 Å². The van der Waals surface area contributed by atoms with E-state index < -0.39 is 38.8 Å². The number of carbonyl (C=O) groups is 3. The van der Waals surface area contributed by atoms with E-state index in [2.05, 4.69) is 10.6 Å². The summed E-state index contributed by atoms with van der Waals surface area (Å²) >= 11 is 0. The summed E-state index contributed by atoms with van der Waals surface area (Å²) in [6.07, 6.45) is -0.653. The minimum absolute atomic E-state index is 0.0456. The van der Waals surface area contributed by atoms with Crippen LogP contribution >= 0.6 is 0 Å². The number of hydrogen-bond donors (Lipinski definition) is 3. The summed E-state index contributed by atoms with van der Waals surface area (Å²) in [6, 6.07) is 7.85.